The number of likely N-dealkylation sites (tertiary alicyclic amines) is 1. The van der Waals surface area contributed by atoms with Crippen molar-refractivity contribution in [1.82, 2.24) is 15.5 Å². The average molecular weight is 345 g/mol. The van der Waals surface area contributed by atoms with Crippen LogP contribution in [0, 0.1) is 6.92 Å². The van der Waals surface area contributed by atoms with Crippen LogP contribution in [0.25, 0.3) is 0 Å². The second-order valence-corrected chi connectivity index (χ2v) is 6.93. The summed E-state index contributed by atoms with van der Waals surface area (Å²) < 4.78 is 5.38. The molecule has 0 bridgehead atoms. The highest BCUT2D eigenvalue weighted by Gasteiger charge is 2.25. The summed E-state index contributed by atoms with van der Waals surface area (Å²) in [4.78, 5) is 26.6. The highest BCUT2D eigenvalue weighted by Crippen LogP contribution is 2.15. The van der Waals surface area contributed by atoms with E-state index >= 15 is 0 Å². The first-order valence-electron chi connectivity index (χ1n) is 9.08. The summed E-state index contributed by atoms with van der Waals surface area (Å²) in [6.07, 6.45) is 2.05. The number of ether oxygens (including phenoxy) is 1. The molecule has 2 heterocycles. The summed E-state index contributed by atoms with van der Waals surface area (Å²) >= 11 is 0. The molecule has 136 valence electrons. The smallest absolute Gasteiger partial charge is 0.253 e. The minimum atomic E-state index is 0.0614. The summed E-state index contributed by atoms with van der Waals surface area (Å²) in [5.41, 5.74) is 1.88. The lowest BCUT2D eigenvalue weighted by molar-refractivity contribution is -0.123. The number of nitrogens with one attached hydrogen (secondary N) is 2. The van der Waals surface area contributed by atoms with Crippen LogP contribution in [0.15, 0.2) is 24.3 Å². The zero-order valence-corrected chi connectivity index (χ0v) is 14.8. The molecule has 1 aromatic rings. The summed E-state index contributed by atoms with van der Waals surface area (Å²) in [7, 11) is 0. The molecule has 25 heavy (non-hydrogen) atoms. The molecular formula is C19H27N3O3. The van der Waals surface area contributed by atoms with Crippen LogP contribution in [0.1, 0.15) is 35.2 Å². The quantitative estimate of drug-likeness (QED) is 0.857. The van der Waals surface area contributed by atoms with E-state index in [1.54, 1.807) is 0 Å². The molecule has 0 aliphatic carbocycles. The lowest BCUT2D eigenvalue weighted by Crippen LogP contribution is -2.49. The summed E-state index contributed by atoms with van der Waals surface area (Å²) in [5.74, 6) is 0.139. The maximum Gasteiger partial charge on any atom is 0.253 e. The van der Waals surface area contributed by atoms with Gasteiger partial charge in [-0.3, -0.25) is 9.59 Å². The molecule has 1 unspecified atom stereocenters. The first-order chi connectivity index (χ1) is 12.1. The van der Waals surface area contributed by atoms with Gasteiger partial charge in [0.1, 0.15) is 0 Å². The summed E-state index contributed by atoms with van der Waals surface area (Å²) in [5, 5.41) is 6.39. The van der Waals surface area contributed by atoms with Crippen molar-refractivity contribution < 1.29 is 14.3 Å². The molecule has 6 nitrogen and oxygen atoms in total. The Labute approximate surface area is 148 Å². The van der Waals surface area contributed by atoms with Crippen molar-refractivity contribution in [2.24, 2.45) is 0 Å². The Hall–Kier alpha value is -1.92. The molecule has 6 heteroatoms. The fourth-order valence-corrected chi connectivity index (χ4v) is 3.37. The second-order valence-electron chi connectivity index (χ2n) is 6.93. The third-order valence-corrected chi connectivity index (χ3v) is 4.88. The van der Waals surface area contributed by atoms with Gasteiger partial charge in [-0.15, -0.1) is 0 Å². The Kier molecular flexibility index (Phi) is 6.04. The highest BCUT2D eigenvalue weighted by atomic mass is 16.5. The van der Waals surface area contributed by atoms with E-state index in [1.807, 2.05) is 36.1 Å². The van der Waals surface area contributed by atoms with Crippen molar-refractivity contribution in [2.75, 3.05) is 32.8 Å². The van der Waals surface area contributed by atoms with E-state index < -0.39 is 0 Å². The number of aryl methyl sites for hydroxylation is 1. The van der Waals surface area contributed by atoms with Crippen LogP contribution >= 0.6 is 0 Å². The standard InChI is InChI=1S/C19H27N3O3/c1-14-2-4-15(5-3-14)19(24)22-9-6-16(7-10-22)21-18(23)12-17-13-25-11-8-20-17/h2-5,16-17,20H,6-13H2,1H3,(H,21,23). The van der Waals surface area contributed by atoms with Crippen molar-refractivity contribution >= 4 is 11.8 Å². The van der Waals surface area contributed by atoms with E-state index in [9.17, 15) is 9.59 Å². The number of carbonyl (C=O) groups excluding carboxylic acids is 2. The maximum atomic E-state index is 12.5. The van der Waals surface area contributed by atoms with Gasteiger partial charge < -0.3 is 20.3 Å². The van der Waals surface area contributed by atoms with Crippen molar-refractivity contribution in [3.63, 3.8) is 0 Å². The monoisotopic (exact) mass is 345 g/mol. The van der Waals surface area contributed by atoms with Crippen molar-refractivity contribution in [3.8, 4) is 0 Å². The molecule has 0 aromatic heterocycles. The number of hydrogen-bond donors (Lipinski definition) is 2. The number of piperidine rings is 1. The number of hydrogen-bond acceptors (Lipinski definition) is 4. The van der Waals surface area contributed by atoms with E-state index in [2.05, 4.69) is 10.6 Å². The van der Waals surface area contributed by atoms with E-state index in [4.69, 9.17) is 4.74 Å². The molecule has 0 saturated carbocycles. The Bertz CT molecular complexity index is 588. The minimum absolute atomic E-state index is 0.0614. The lowest BCUT2D eigenvalue weighted by Gasteiger charge is -2.33. The number of amides is 2. The first-order valence-corrected chi connectivity index (χ1v) is 9.08. The Morgan fingerprint density at radius 1 is 1.24 bits per heavy atom. The minimum Gasteiger partial charge on any atom is -0.378 e. The third kappa shape index (κ3) is 5.03. The van der Waals surface area contributed by atoms with Gasteiger partial charge in [-0.05, 0) is 31.9 Å². The topological polar surface area (TPSA) is 70.7 Å². The molecule has 2 fully saturated rings. The van der Waals surface area contributed by atoms with Crippen LogP contribution in [0.5, 0.6) is 0 Å². The van der Waals surface area contributed by atoms with Gasteiger partial charge in [-0.25, -0.2) is 0 Å². The van der Waals surface area contributed by atoms with E-state index in [0.717, 1.165) is 30.5 Å². The predicted molar refractivity (Wildman–Crippen MR) is 95.5 cm³/mol. The number of carbonyl (C=O) groups is 2. The van der Waals surface area contributed by atoms with Gasteiger partial charge in [0.2, 0.25) is 5.91 Å². The molecule has 0 radical (unpaired) electrons. The fourth-order valence-electron chi connectivity index (χ4n) is 3.37. The van der Waals surface area contributed by atoms with E-state index in [-0.39, 0.29) is 23.9 Å². The van der Waals surface area contributed by atoms with Crippen molar-refractivity contribution in [3.05, 3.63) is 35.4 Å². The average Bonchev–Trinajstić information content (AvgIpc) is 2.63. The number of nitrogens with zero attached hydrogens (tertiary/aromatic N) is 1. The number of benzene rings is 1. The molecule has 0 spiro atoms. The number of morpholine rings is 1. The van der Waals surface area contributed by atoms with Crippen LogP contribution in [-0.4, -0.2) is 61.6 Å². The van der Waals surface area contributed by atoms with Gasteiger partial charge >= 0.3 is 0 Å². The zero-order chi connectivity index (χ0) is 17.6. The fraction of sp³-hybridized carbons (Fsp3) is 0.579. The summed E-state index contributed by atoms with van der Waals surface area (Å²) in [6, 6.07) is 7.94. The van der Waals surface area contributed by atoms with Gasteiger partial charge in [0, 0.05) is 43.7 Å². The largest absolute Gasteiger partial charge is 0.378 e. The van der Waals surface area contributed by atoms with E-state index in [0.29, 0.717) is 32.7 Å². The molecule has 2 N–H and O–H groups in total. The van der Waals surface area contributed by atoms with Gasteiger partial charge in [-0.1, -0.05) is 17.7 Å². The van der Waals surface area contributed by atoms with Crippen LogP contribution in [0.2, 0.25) is 0 Å². The lowest BCUT2D eigenvalue weighted by atomic mass is 10.0. The molecular weight excluding hydrogens is 318 g/mol. The van der Waals surface area contributed by atoms with Crippen LogP contribution in [-0.2, 0) is 9.53 Å². The molecule has 1 atom stereocenters. The predicted octanol–water partition coefficient (Wildman–Crippen LogP) is 1.09. The SMILES string of the molecule is Cc1ccc(C(=O)N2CCC(NC(=O)CC3COCCN3)CC2)cc1. The van der Waals surface area contributed by atoms with Crippen molar-refractivity contribution in [2.45, 2.75) is 38.3 Å². The zero-order valence-electron chi connectivity index (χ0n) is 14.8. The maximum absolute atomic E-state index is 12.5. The number of rotatable bonds is 4. The Balaban J connectivity index is 1.42. The Morgan fingerprint density at radius 3 is 2.60 bits per heavy atom. The molecule has 2 aliphatic rings. The Morgan fingerprint density at radius 2 is 1.96 bits per heavy atom. The second kappa shape index (κ2) is 8.45. The van der Waals surface area contributed by atoms with Crippen LogP contribution in [0.4, 0.5) is 0 Å². The molecule has 2 amide bonds. The summed E-state index contributed by atoms with van der Waals surface area (Å²) in [6.45, 7) is 5.49. The molecule has 3 rings (SSSR count). The van der Waals surface area contributed by atoms with Crippen molar-refractivity contribution in [1.29, 1.82) is 0 Å². The van der Waals surface area contributed by atoms with Gasteiger partial charge in [0.05, 0.1) is 13.2 Å². The highest BCUT2D eigenvalue weighted by molar-refractivity contribution is 5.94. The van der Waals surface area contributed by atoms with Gasteiger partial charge in [0.25, 0.3) is 5.91 Å². The van der Waals surface area contributed by atoms with Crippen LogP contribution in [0.3, 0.4) is 0 Å². The molecule has 2 saturated heterocycles. The van der Waals surface area contributed by atoms with Crippen LogP contribution < -0.4 is 10.6 Å². The van der Waals surface area contributed by atoms with Gasteiger partial charge in [0.15, 0.2) is 0 Å². The normalized spacial score (nSPS) is 21.8. The third-order valence-electron chi connectivity index (χ3n) is 4.88. The van der Waals surface area contributed by atoms with E-state index in [1.165, 1.54) is 0 Å². The van der Waals surface area contributed by atoms with Gasteiger partial charge in [-0.2, -0.15) is 0 Å². The molecule has 2 aliphatic heterocycles. The molecule has 1 aromatic carbocycles. The first kappa shape index (κ1) is 17.9.